The van der Waals surface area contributed by atoms with Gasteiger partial charge in [-0.15, -0.1) is 0 Å². The number of esters is 1. The number of nitrogens with zero attached hydrogens (tertiary/aromatic N) is 2. The van der Waals surface area contributed by atoms with Crippen molar-refractivity contribution in [1.82, 2.24) is 4.98 Å². The van der Waals surface area contributed by atoms with Crippen LogP contribution in [0.2, 0.25) is 0 Å². The Bertz CT molecular complexity index is 787. The molecule has 2 heterocycles. The lowest BCUT2D eigenvalue weighted by molar-refractivity contribution is -0.171. The second-order valence-electron chi connectivity index (χ2n) is 10.3. The Morgan fingerprint density at radius 1 is 1.10 bits per heavy atom. The molecule has 0 bridgehead atoms. The van der Waals surface area contributed by atoms with Crippen molar-refractivity contribution in [1.29, 1.82) is 0 Å². The predicted octanol–water partition coefficient (Wildman–Crippen LogP) is 6.04. The van der Waals surface area contributed by atoms with Gasteiger partial charge in [-0.25, -0.2) is 4.79 Å². The highest BCUT2D eigenvalue weighted by Crippen LogP contribution is 2.51. The maximum atomic E-state index is 13.2. The van der Waals surface area contributed by atoms with Crippen LogP contribution in [0.25, 0.3) is 0 Å². The SMILES string of the molecule is Cc1nc(C)c([C@H](OC(C)(C)C)C(=O)OC(C)C)c(N2CCC3(CCC3)CC2)c1Br. The number of carbonyl (C=O) groups is 1. The summed E-state index contributed by atoms with van der Waals surface area (Å²) < 4.78 is 12.9. The largest absolute Gasteiger partial charge is 0.461 e. The second-order valence-corrected chi connectivity index (χ2v) is 11.1. The number of hydrogen-bond donors (Lipinski definition) is 0. The first kappa shape index (κ1) is 23.5. The van der Waals surface area contributed by atoms with Crippen LogP contribution in [0, 0.1) is 19.3 Å². The summed E-state index contributed by atoms with van der Waals surface area (Å²) in [7, 11) is 0. The fraction of sp³-hybridized carbons (Fsp3) is 0.750. The maximum Gasteiger partial charge on any atom is 0.340 e. The van der Waals surface area contributed by atoms with Crippen LogP contribution in [0.4, 0.5) is 5.69 Å². The summed E-state index contributed by atoms with van der Waals surface area (Å²) in [6.07, 6.45) is 5.49. The Labute approximate surface area is 190 Å². The van der Waals surface area contributed by atoms with Gasteiger partial charge in [0.15, 0.2) is 6.10 Å². The Kier molecular flexibility index (Phi) is 6.88. The zero-order chi connectivity index (χ0) is 22.3. The summed E-state index contributed by atoms with van der Waals surface area (Å²) in [6.45, 7) is 15.6. The third-order valence-corrected chi connectivity index (χ3v) is 7.31. The summed E-state index contributed by atoms with van der Waals surface area (Å²) in [5.41, 5.74) is 3.69. The molecule has 0 N–H and O–H groups in total. The van der Waals surface area contributed by atoms with E-state index in [9.17, 15) is 4.79 Å². The molecule has 2 fully saturated rings. The number of hydrogen-bond acceptors (Lipinski definition) is 5. The molecular weight excluding hydrogens is 444 g/mol. The van der Waals surface area contributed by atoms with Gasteiger partial charge in [-0.3, -0.25) is 4.98 Å². The van der Waals surface area contributed by atoms with E-state index in [2.05, 4.69) is 20.8 Å². The Balaban J connectivity index is 2.04. The minimum Gasteiger partial charge on any atom is -0.461 e. The molecule has 0 radical (unpaired) electrons. The summed E-state index contributed by atoms with van der Waals surface area (Å²) in [6, 6.07) is 0. The van der Waals surface area contributed by atoms with Crippen molar-refractivity contribution in [2.75, 3.05) is 18.0 Å². The van der Waals surface area contributed by atoms with E-state index >= 15 is 0 Å². The molecular formula is C24H37BrN2O3. The Hall–Kier alpha value is -1.14. The molecule has 5 nitrogen and oxygen atoms in total. The molecule has 30 heavy (non-hydrogen) atoms. The van der Waals surface area contributed by atoms with Crippen LogP contribution >= 0.6 is 15.9 Å². The molecule has 0 aromatic carbocycles. The molecule has 3 rings (SSSR count). The maximum absolute atomic E-state index is 13.2. The molecule has 2 aliphatic rings. The lowest BCUT2D eigenvalue weighted by Crippen LogP contribution is -2.44. The average Bonchev–Trinajstić information content (AvgIpc) is 2.60. The van der Waals surface area contributed by atoms with Crippen molar-refractivity contribution in [2.24, 2.45) is 5.41 Å². The van der Waals surface area contributed by atoms with Gasteiger partial charge in [0, 0.05) is 24.3 Å². The first-order valence-electron chi connectivity index (χ1n) is 11.2. The van der Waals surface area contributed by atoms with Gasteiger partial charge in [-0.2, -0.15) is 0 Å². The van der Waals surface area contributed by atoms with Gasteiger partial charge < -0.3 is 14.4 Å². The summed E-state index contributed by atoms with van der Waals surface area (Å²) in [4.78, 5) is 20.3. The first-order valence-corrected chi connectivity index (χ1v) is 12.0. The fourth-order valence-electron chi connectivity index (χ4n) is 4.70. The highest BCUT2D eigenvalue weighted by molar-refractivity contribution is 9.10. The van der Waals surface area contributed by atoms with Crippen LogP contribution in [0.15, 0.2) is 4.47 Å². The topological polar surface area (TPSA) is 51.7 Å². The van der Waals surface area contributed by atoms with E-state index < -0.39 is 11.7 Å². The van der Waals surface area contributed by atoms with Crippen molar-refractivity contribution >= 4 is 27.6 Å². The van der Waals surface area contributed by atoms with E-state index in [1.54, 1.807) is 0 Å². The molecule has 1 atom stereocenters. The molecule has 1 spiro atoms. The van der Waals surface area contributed by atoms with Gasteiger partial charge in [0.05, 0.1) is 27.6 Å². The molecule has 0 amide bonds. The van der Waals surface area contributed by atoms with Crippen LogP contribution in [0.1, 0.15) is 89.8 Å². The van der Waals surface area contributed by atoms with E-state index in [0.29, 0.717) is 5.41 Å². The van der Waals surface area contributed by atoms with Gasteiger partial charge in [-0.1, -0.05) is 6.42 Å². The van der Waals surface area contributed by atoms with Crippen LogP contribution in [0.3, 0.4) is 0 Å². The zero-order valence-electron chi connectivity index (χ0n) is 19.6. The van der Waals surface area contributed by atoms with Crippen LogP contribution in [-0.4, -0.2) is 35.7 Å². The van der Waals surface area contributed by atoms with Crippen molar-refractivity contribution in [3.05, 3.63) is 21.4 Å². The third kappa shape index (κ3) is 5.01. The number of ether oxygens (including phenoxy) is 2. The lowest BCUT2D eigenvalue weighted by Gasteiger charge is -2.49. The van der Waals surface area contributed by atoms with Gasteiger partial charge in [0.1, 0.15) is 0 Å². The number of aromatic nitrogens is 1. The van der Waals surface area contributed by atoms with Crippen LogP contribution < -0.4 is 4.90 Å². The predicted molar refractivity (Wildman–Crippen MR) is 124 cm³/mol. The summed E-state index contributed by atoms with van der Waals surface area (Å²) >= 11 is 3.80. The van der Waals surface area contributed by atoms with Gasteiger partial charge in [0.25, 0.3) is 0 Å². The van der Waals surface area contributed by atoms with E-state index in [0.717, 1.165) is 40.2 Å². The van der Waals surface area contributed by atoms with E-state index in [-0.39, 0.29) is 12.1 Å². The van der Waals surface area contributed by atoms with Gasteiger partial charge in [0.2, 0.25) is 0 Å². The second kappa shape index (κ2) is 8.78. The standard InChI is InChI=1S/C24H37BrN2O3/c1-15(2)29-22(28)21(30-23(5,6)7)18-16(3)26-17(4)19(25)20(18)27-13-11-24(12-14-27)9-8-10-24/h15,21H,8-14H2,1-7H3/t21-/m0/s1. The number of anilines is 1. The molecule has 1 aromatic rings. The molecule has 1 aromatic heterocycles. The minimum absolute atomic E-state index is 0.206. The molecule has 168 valence electrons. The molecule has 1 aliphatic carbocycles. The Morgan fingerprint density at radius 2 is 1.70 bits per heavy atom. The van der Waals surface area contributed by atoms with Crippen LogP contribution in [0.5, 0.6) is 0 Å². The first-order chi connectivity index (χ1) is 13.9. The molecule has 1 aliphatic heterocycles. The smallest absolute Gasteiger partial charge is 0.340 e. The quantitative estimate of drug-likeness (QED) is 0.480. The monoisotopic (exact) mass is 480 g/mol. The molecule has 1 saturated heterocycles. The van der Waals surface area contributed by atoms with Gasteiger partial charge in [-0.05, 0) is 95.5 Å². The van der Waals surface area contributed by atoms with E-state index in [1.807, 2.05) is 48.5 Å². The molecule has 0 unspecified atom stereocenters. The van der Waals surface area contributed by atoms with Crippen LogP contribution in [-0.2, 0) is 14.3 Å². The van der Waals surface area contributed by atoms with Crippen molar-refractivity contribution < 1.29 is 14.3 Å². The molecule has 1 saturated carbocycles. The van der Waals surface area contributed by atoms with E-state index in [4.69, 9.17) is 14.5 Å². The number of aryl methyl sites for hydroxylation is 2. The lowest BCUT2D eigenvalue weighted by atomic mass is 9.63. The van der Waals surface area contributed by atoms with E-state index in [1.165, 1.54) is 32.1 Å². The Morgan fingerprint density at radius 3 is 2.17 bits per heavy atom. The highest BCUT2D eigenvalue weighted by atomic mass is 79.9. The van der Waals surface area contributed by atoms with Crippen molar-refractivity contribution in [2.45, 2.75) is 98.4 Å². The number of carbonyl (C=O) groups excluding carboxylic acids is 1. The molecule has 6 heteroatoms. The number of pyridine rings is 1. The number of piperidine rings is 1. The number of halogens is 1. The summed E-state index contributed by atoms with van der Waals surface area (Å²) in [5.74, 6) is -0.352. The zero-order valence-corrected chi connectivity index (χ0v) is 21.2. The number of rotatable bonds is 5. The summed E-state index contributed by atoms with van der Waals surface area (Å²) in [5, 5.41) is 0. The van der Waals surface area contributed by atoms with Gasteiger partial charge >= 0.3 is 5.97 Å². The normalized spacial score (nSPS) is 19.7. The minimum atomic E-state index is -0.814. The highest BCUT2D eigenvalue weighted by Gasteiger charge is 2.42. The van der Waals surface area contributed by atoms with Crippen molar-refractivity contribution in [3.63, 3.8) is 0 Å². The third-order valence-electron chi connectivity index (χ3n) is 6.36. The average molecular weight is 481 g/mol. The fourth-order valence-corrected chi connectivity index (χ4v) is 5.25. The van der Waals surface area contributed by atoms with Crippen molar-refractivity contribution in [3.8, 4) is 0 Å².